The standard InChI is InChI=1S/C48H82O15P2/c1-3-5-7-8-9-10-11-12-13-14-15-16-17-18-19-24-32-38-48(53)63-46(42-62-65(57,58)61-40-45(51)39-60-64(54,55)56)41-59-47(52)37-31-23-21-20-22-28-34-44(50)36-30-26-25-29-35-43(49)33-27-6-4-2/h6,12-13,21-23,25-30,35-36,43-46,49-51H,3-5,7-11,14-20,24,31-34,37-42H2,1-2H3,(H,57,58)(H2,54,55,56)/b13-12-,23-21-,26-25-,27-6-,28-22-,35-29+,36-30+/t43-,44+,45+,46-/m1/s1. The Hall–Kier alpha value is -2.78. The summed E-state index contributed by atoms with van der Waals surface area (Å²) < 4.78 is 47.7. The van der Waals surface area contributed by atoms with E-state index in [1.54, 1.807) is 42.5 Å². The number of phosphoric ester groups is 2. The van der Waals surface area contributed by atoms with E-state index < -0.39 is 78.4 Å². The van der Waals surface area contributed by atoms with Crippen molar-refractivity contribution in [1.29, 1.82) is 0 Å². The molecule has 374 valence electrons. The van der Waals surface area contributed by atoms with E-state index in [9.17, 15) is 38.9 Å². The zero-order chi connectivity index (χ0) is 48.3. The fourth-order valence-corrected chi connectivity index (χ4v) is 6.99. The zero-order valence-corrected chi connectivity index (χ0v) is 40.8. The predicted molar refractivity (Wildman–Crippen MR) is 255 cm³/mol. The molecule has 0 rings (SSSR count). The molecular weight excluding hydrogens is 878 g/mol. The van der Waals surface area contributed by atoms with Crippen LogP contribution in [0.4, 0.5) is 0 Å². The van der Waals surface area contributed by atoms with Gasteiger partial charge in [-0.15, -0.1) is 0 Å². The lowest BCUT2D eigenvalue weighted by molar-refractivity contribution is -0.161. The molecule has 0 heterocycles. The molecule has 0 spiro atoms. The van der Waals surface area contributed by atoms with Gasteiger partial charge in [0, 0.05) is 12.8 Å². The number of aliphatic hydroxyl groups excluding tert-OH is 3. The third-order valence-electron chi connectivity index (χ3n) is 9.44. The zero-order valence-electron chi connectivity index (χ0n) is 39.0. The fourth-order valence-electron chi connectivity index (χ4n) is 5.84. The van der Waals surface area contributed by atoms with Crippen molar-refractivity contribution in [2.45, 2.75) is 180 Å². The summed E-state index contributed by atoms with van der Waals surface area (Å²) in [7, 11) is -9.75. The maximum atomic E-state index is 12.7. The Bertz CT molecular complexity index is 1500. The van der Waals surface area contributed by atoms with Gasteiger partial charge in [-0.3, -0.25) is 23.2 Å². The van der Waals surface area contributed by atoms with E-state index in [2.05, 4.69) is 28.1 Å². The molecule has 0 aromatic rings. The summed E-state index contributed by atoms with van der Waals surface area (Å²) in [5.41, 5.74) is 0. The Morgan fingerprint density at radius 1 is 0.523 bits per heavy atom. The quantitative estimate of drug-likeness (QED) is 0.0110. The van der Waals surface area contributed by atoms with Gasteiger partial charge in [0.25, 0.3) is 0 Å². The second-order valence-electron chi connectivity index (χ2n) is 15.7. The molecule has 5 atom stereocenters. The van der Waals surface area contributed by atoms with E-state index in [1.807, 2.05) is 37.3 Å². The van der Waals surface area contributed by atoms with Crippen LogP contribution in [-0.4, -0.2) is 92.8 Å². The van der Waals surface area contributed by atoms with Gasteiger partial charge in [-0.2, -0.15) is 0 Å². The molecule has 0 aromatic heterocycles. The number of phosphoric acid groups is 2. The lowest BCUT2D eigenvalue weighted by Gasteiger charge is -2.20. The van der Waals surface area contributed by atoms with Gasteiger partial charge >= 0.3 is 27.6 Å². The summed E-state index contributed by atoms with van der Waals surface area (Å²) >= 11 is 0. The molecule has 0 radical (unpaired) electrons. The van der Waals surface area contributed by atoms with Crippen LogP contribution < -0.4 is 0 Å². The van der Waals surface area contributed by atoms with E-state index in [1.165, 1.54) is 38.5 Å². The second-order valence-corrected chi connectivity index (χ2v) is 18.4. The number of hydrogen-bond donors (Lipinski definition) is 6. The number of carbonyl (C=O) groups is 2. The maximum Gasteiger partial charge on any atom is 0.472 e. The lowest BCUT2D eigenvalue weighted by Crippen LogP contribution is -2.29. The molecule has 0 saturated heterocycles. The predicted octanol–water partition coefficient (Wildman–Crippen LogP) is 10.3. The van der Waals surface area contributed by atoms with Crippen LogP contribution in [0.1, 0.15) is 155 Å². The minimum absolute atomic E-state index is 0.00888. The van der Waals surface area contributed by atoms with Gasteiger partial charge in [-0.1, -0.05) is 163 Å². The van der Waals surface area contributed by atoms with E-state index in [-0.39, 0.29) is 12.8 Å². The van der Waals surface area contributed by atoms with E-state index >= 15 is 0 Å². The van der Waals surface area contributed by atoms with Gasteiger partial charge < -0.3 is 39.5 Å². The second kappa shape index (κ2) is 42.6. The molecule has 0 aliphatic heterocycles. The number of aliphatic hydroxyl groups is 3. The molecule has 0 aromatic carbocycles. The fraction of sp³-hybridized carbons (Fsp3) is 0.667. The first-order valence-corrected chi connectivity index (χ1v) is 26.5. The van der Waals surface area contributed by atoms with Crippen LogP contribution in [0.15, 0.2) is 85.1 Å². The number of hydrogen-bond acceptors (Lipinski definition) is 12. The van der Waals surface area contributed by atoms with Crippen molar-refractivity contribution in [3.8, 4) is 0 Å². The van der Waals surface area contributed by atoms with E-state index in [0.29, 0.717) is 32.1 Å². The third kappa shape index (κ3) is 46.1. The highest BCUT2D eigenvalue weighted by Gasteiger charge is 2.28. The van der Waals surface area contributed by atoms with Gasteiger partial charge in [-0.25, -0.2) is 9.13 Å². The number of carbonyl (C=O) groups excluding carboxylic acids is 2. The summed E-state index contributed by atoms with van der Waals surface area (Å²) in [6.07, 6.45) is 42.1. The molecule has 6 N–H and O–H groups in total. The van der Waals surface area contributed by atoms with Crippen molar-refractivity contribution in [1.82, 2.24) is 0 Å². The average molecular weight is 961 g/mol. The molecule has 0 bridgehead atoms. The van der Waals surface area contributed by atoms with Crippen LogP contribution >= 0.6 is 15.6 Å². The van der Waals surface area contributed by atoms with Crippen molar-refractivity contribution < 1.29 is 71.8 Å². The number of unbranched alkanes of at least 4 members (excludes halogenated alkanes) is 13. The van der Waals surface area contributed by atoms with E-state index in [0.717, 1.165) is 57.8 Å². The molecule has 65 heavy (non-hydrogen) atoms. The Morgan fingerprint density at radius 3 is 1.62 bits per heavy atom. The third-order valence-corrected chi connectivity index (χ3v) is 10.9. The number of rotatable bonds is 43. The summed E-state index contributed by atoms with van der Waals surface area (Å²) in [5, 5.41) is 29.7. The van der Waals surface area contributed by atoms with Crippen LogP contribution in [0.25, 0.3) is 0 Å². The Morgan fingerprint density at radius 2 is 1.03 bits per heavy atom. The smallest absolute Gasteiger partial charge is 0.462 e. The van der Waals surface area contributed by atoms with E-state index in [4.69, 9.17) is 23.8 Å². The van der Waals surface area contributed by atoms with Crippen LogP contribution in [0, 0.1) is 0 Å². The normalized spacial score (nSPS) is 15.6. The topological polar surface area (TPSA) is 236 Å². The molecule has 0 amide bonds. The van der Waals surface area contributed by atoms with Crippen LogP contribution in [0.2, 0.25) is 0 Å². The first kappa shape index (κ1) is 62.2. The van der Waals surface area contributed by atoms with Gasteiger partial charge in [0.2, 0.25) is 0 Å². The van der Waals surface area contributed by atoms with Crippen molar-refractivity contribution in [3.63, 3.8) is 0 Å². The van der Waals surface area contributed by atoms with Crippen LogP contribution in [0.3, 0.4) is 0 Å². The van der Waals surface area contributed by atoms with Crippen molar-refractivity contribution in [2.75, 3.05) is 26.4 Å². The Balaban J connectivity index is 4.70. The Labute approximate surface area is 389 Å². The molecule has 0 fully saturated rings. The van der Waals surface area contributed by atoms with Gasteiger partial charge in [-0.05, 0) is 64.2 Å². The molecule has 0 aliphatic rings. The van der Waals surface area contributed by atoms with Gasteiger partial charge in [0.1, 0.15) is 12.7 Å². The monoisotopic (exact) mass is 961 g/mol. The number of allylic oxidation sites excluding steroid dienone is 10. The van der Waals surface area contributed by atoms with Crippen molar-refractivity contribution in [3.05, 3.63) is 85.1 Å². The highest BCUT2D eigenvalue weighted by Crippen LogP contribution is 2.43. The number of esters is 2. The highest BCUT2D eigenvalue weighted by atomic mass is 31.2. The Kier molecular flexibility index (Phi) is 40.7. The molecular formula is C48H82O15P2. The SMILES string of the molecule is CC/C=C\C[C@@H](O)/C=C/C=C\C=C\[C@@H](O)C/C=C\C/C=C\CCC(=O)OC[C@H](COP(=O)(O)OC[C@@H](O)COP(=O)(O)O)OC(=O)CCCCCCCCC/C=C\CCCCCCCC. The van der Waals surface area contributed by atoms with Crippen molar-refractivity contribution in [2.24, 2.45) is 0 Å². The van der Waals surface area contributed by atoms with Crippen LogP contribution in [-0.2, 0) is 41.8 Å². The molecule has 0 saturated carbocycles. The van der Waals surface area contributed by atoms with Crippen LogP contribution in [0.5, 0.6) is 0 Å². The average Bonchev–Trinajstić information content (AvgIpc) is 3.26. The molecule has 0 aliphatic carbocycles. The minimum Gasteiger partial charge on any atom is -0.462 e. The summed E-state index contributed by atoms with van der Waals surface area (Å²) in [5.74, 6) is -1.21. The first-order valence-electron chi connectivity index (χ1n) is 23.5. The summed E-state index contributed by atoms with van der Waals surface area (Å²) in [4.78, 5) is 52.8. The maximum absolute atomic E-state index is 12.7. The molecule has 1 unspecified atom stereocenters. The largest absolute Gasteiger partial charge is 0.472 e. The lowest BCUT2D eigenvalue weighted by atomic mass is 10.1. The number of ether oxygens (including phenoxy) is 2. The first-order chi connectivity index (χ1) is 31.2. The minimum atomic E-state index is -4.89. The summed E-state index contributed by atoms with van der Waals surface area (Å²) in [6, 6.07) is 0. The molecule has 17 heteroatoms. The van der Waals surface area contributed by atoms with Gasteiger partial charge in [0.05, 0.1) is 32.0 Å². The van der Waals surface area contributed by atoms with Crippen molar-refractivity contribution >= 4 is 27.6 Å². The summed E-state index contributed by atoms with van der Waals surface area (Å²) in [6.45, 7) is 1.36. The highest BCUT2D eigenvalue weighted by molar-refractivity contribution is 7.47. The molecule has 15 nitrogen and oxygen atoms in total. The van der Waals surface area contributed by atoms with Gasteiger partial charge in [0.15, 0.2) is 6.10 Å².